The second-order valence-corrected chi connectivity index (χ2v) is 6.72. The van der Waals surface area contributed by atoms with E-state index in [0.29, 0.717) is 12.2 Å². The van der Waals surface area contributed by atoms with Crippen molar-refractivity contribution in [1.29, 1.82) is 0 Å². The molecule has 2 rings (SSSR count). The van der Waals surface area contributed by atoms with Gasteiger partial charge in [-0.15, -0.1) is 0 Å². The van der Waals surface area contributed by atoms with Crippen LogP contribution in [0.15, 0.2) is 30.9 Å². The van der Waals surface area contributed by atoms with E-state index in [9.17, 15) is 39.5 Å². The molecule has 0 fully saturated rings. The highest BCUT2D eigenvalue weighted by Gasteiger charge is 2.85. The molecule has 1 aromatic carbocycles. The molecule has 1 aliphatic rings. The third kappa shape index (κ3) is 5.11. The van der Waals surface area contributed by atoms with E-state index in [1.54, 1.807) is 12.1 Å². The molecule has 1 atom stereocenters. The summed E-state index contributed by atoms with van der Waals surface area (Å²) in [5.74, 6) is 0.558. The van der Waals surface area contributed by atoms with Gasteiger partial charge < -0.3 is 14.2 Å². The smallest absolute Gasteiger partial charge is 0.435 e. The second kappa shape index (κ2) is 9.27. The molecule has 12 heteroatoms. The van der Waals surface area contributed by atoms with E-state index in [0.717, 1.165) is 11.1 Å². The van der Waals surface area contributed by atoms with E-state index in [4.69, 9.17) is 9.47 Å². The minimum Gasteiger partial charge on any atom is -0.489 e. The quantitative estimate of drug-likeness (QED) is 0.237. The van der Waals surface area contributed by atoms with Crippen molar-refractivity contribution in [2.24, 2.45) is 0 Å². The van der Waals surface area contributed by atoms with Crippen LogP contribution < -0.4 is 4.74 Å². The summed E-state index contributed by atoms with van der Waals surface area (Å²) in [6.45, 7) is 2.27. The van der Waals surface area contributed by atoms with Gasteiger partial charge in [0.1, 0.15) is 12.4 Å². The highest BCUT2D eigenvalue weighted by atomic mass is 19.4. The minimum atomic E-state index is -6.72. The molecule has 0 saturated carbocycles. The maximum Gasteiger partial charge on any atom is 0.435 e. The van der Waals surface area contributed by atoms with E-state index in [1.807, 2.05) is 6.07 Å². The average molecular weight is 466 g/mol. The number of fused-ring (bicyclic) bond motifs is 1. The highest BCUT2D eigenvalue weighted by Crippen LogP contribution is 2.54. The summed E-state index contributed by atoms with van der Waals surface area (Å²) in [6.07, 6.45) is -19.1. The molecule has 0 aromatic heterocycles. The Morgan fingerprint density at radius 3 is 2.03 bits per heavy atom. The molecule has 0 radical (unpaired) electrons. The van der Waals surface area contributed by atoms with Gasteiger partial charge in [-0.1, -0.05) is 24.8 Å². The standard InChI is InChI=1S/C19H19F9O3/c1-2-8-29-13-7-5-6-12-11-14(15(12)13)30-9-3-4-10-31-16(17(20,21)22,18(23,24)25)19(26,27)28/h2,5-7,14H,1,3-4,8-11H2. The fourth-order valence-electron chi connectivity index (χ4n) is 3.10. The number of rotatable bonds is 10. The van der Waals surface area contributed by atoms with E-state index >= 15 is 0 Å². The van der Waals surface area contributed by atoms with Gasteiger partial charge in [0.05, 0.1) is 6.10 Å². The maximum absolute atomic E-state index is 12.8. The van der Waals surface area contributed by atoms with Gasteiger partial charge in [0, 0.05) is 25.2 Å². The van der Waals surface area contributed by atoms with Crippen molar-refractivity contribution in [2.75, 3.05) is 19.8 Å². The summed E-state index contributed by atoms with van der Waals surface area (Å²) in [6, 6.07) is 5.32. The Labute approximate surface area is 171 Å². The number of ether oxygens (including phenoxy) is 3. The summed E-state index contributed by atoms with van der Waals surface area (Å²) in [5, 5.41) is 0. The lowest BCUT2D eigenvalue weighted by Crippen LogP contribution is -2.67. The Morgan fingerprint density at radius 2 is 1.48 bits per heavy atom. The molecule has 0 bridgehead atoms. The summed E-state index contributed by atoms with van der Waals surface area (Å²) >= 11 is 0. The van der Waals surface area contributed by atoms with E-state index in [2.05, 4.69) is 11.3 Å². The first kappa shape index (κ1) is 25.3. The predicted molar refractivity (Wildman–Crippen MR) is 90.6 cm³/mol. The van der Waals surface area contributed by atoms with Gasteiger partial charge in [0.15, 0.2) is 0 Å². The lowest BCUT2D eigenvalue weighted by Gasteiger charge is -2.38. The maximum atomic E-state index is 12.8. The molecule has 3 nitrogen and oxygen atoms in total. The van der Waals surface area contributed by atoms with Crippen LogP contribution >= 0.6 is 0 Å². The zero-order valence-corrected chi connectivity index (χ0v) is 16.0. The third-order valence-electron chi connectivity index (χ3n) is 4.61. The highest BCUT2D eigenvalue weighted by molar-refractivity contribution is 5.48. The van der Waals surface area contributed by atoms with Crippen LogP contribution in [0.1, 0.15) is 30.1 Å². The van der Waals surface area contributed by atoms with Crippen molar-refractivity contribution in [2.45, 2.75) is 49.5 Å². The first-order valence-electron chi connectivity index (χ1n) is 9.07. The van der Waals surface area contributed by atoms with Crippen molar-refractivity contribution >= 4 is 0 Å². The molecule has 0 heterocycles. The number of alkyl halides is 9. The molecule has 1 aromatic rings. The Bertz CT molecular complexity index is 717. The summed E-state index contributed by atoms with van der Waals surface area (Å²) in [4.78, 5) is 0. The lowest BCUT2D eigenvalue weighted by molar-refractivity contribution is -0.457. The van der Waals surface area contributed by atoms with Crippen LogP contribution in [0.4, 0.5) is 39.5 Å². The van der Waals surface area contributed by atoms with Crippen molar-refractivity contribution in [3.8, 4) is 5.75 Å². The molecular formula is C19H19F9O3. The van der Waals surface area contributed by atoms with E-state index in [-0.39, 0.29) is 19.6 Å². The fraction of sp³-hybridized carbons (Fsp3) is 0.579. The van der Waals surface area contributed by atoms with Gasteiger partial charge in [0.25, 0.3) is 0 Å². The Balaban J connectivity index is 1.89. The molecule has 0 amide bonds. The van der Waals surface area contributed by atoms with Crippen molar-refractivity contribution < 1.29 is 53.7 Å². The summed E-state index contributed by atoms with van der Waals surface area (Å²) in [5.41, 5.74) is -4.51. The van der Waals surface area contributed by atoms with Crippen LogP contribution in [-0.2, 0) is 15.9 Å². The van der Waals surface area contributed by atoms with Gasteiger partial charge in [-0.2, -0.15) is 39.5 Å². The number of hydrogen-bond acceptors (Lipinski definition) is 3. The van der Waals surface area contributed by atoms with Crippen LogP contribution in [0.5, 0.6) is 5.75 Å². The first-order chi connectivity index (χ1) is 14.3. The van der Waals surface area contributed by atoms with Crippen molar-refractivity contribution in [1.82, 2.24) is 0 Å². The average Bonchev–Trinajstić information content (AvgIpc) is 2.58. The van der Waals surface area contributed by atoms with Crippen LogP contribution in [0.3, 0.4) is 0 Å². The molecule has 176 valence electrons. The molecule has 1 aliphatic carbocycles. The van der Waals surface area contributed by atoms with Crippen LogP contribution in [-0.4, -0.2) is 44.0 Å². The van der Waals surface area contributed by atoms with Crippen molar-refractivity contribution in [3.63, 3.8) is 0 Å². The lowest BCUT2D eigenvalue weighted by atomic mass is 9.84. The molecule has 0 saturated heterocycles. The topological polar surface area (TPSA) is 27.7 Å². The number of hydrogen-bond donors (Lipinski definition) is 0. The third-order valence-corrected chi connectivity index (χ3v) is 4.61. The van der Waals surface area contributed by atoms with Crippen LogP contribution in [0.2, 0.25) is 0 Å². The second-order valence-electron chi connectivity index (χ2n) is 6.72. The van der Waals surface area contributed by atoms with Gasteiger partial charge in [-0.05, 0) is 24.5 Å². The monoisotopic (exact) mass is 466 g/mol. The van der Waals surface area contributed by atoms with Gasteiger partial charge in [-0.25, -0.2) is 0 Å². The largest absolute Gasteiger partial charge is 0.489 e. The predicted octanol–water partition coefficient (Wildman–Crippen LogP) is 6.09. The molecule has 31 heavy (non-hydrogen) atoms. The minimum absolute atomic E-state index is 0.0969. The Hall–Kier alpha value is -1.95. The SMILES string of the molecule is C=CCOc1cccc2c1C(OCCCCOC(C(F)(F)F)(C(F)(F)F)C(F)(F)F)C2. The van der Waals surface area contributed by atoms with Gasteiger partial charge >= 0.3 is 24.1 Å². The Kier molecular flexibility index (Phi) is 7.57. The fourth-order valence-corrected chi connectivity index (χ4v) is 3.10. The Morgan fingerprint density at radius 1 is 0.903 bits per heavy atom. The van der Waals surface area contributed by atoms with Gasteiger partial charge in [0.2, 0.25) is 0 Å². The molecule has 0 aliphatic heterocycles. The zero-order valence-electron chi connectivity index (χ0n) is 16.0. The number of halogens is 9. The normalized spacial score (nSPS) is 17.1. The molecular weight excluding hydrogens is 447 g/mol. The summed E-state index contributed by atoms with van der Waals surface area (Å²) < 4.78 is 129. The first-order valence-corrected chi connectivity index (χ1v) is 9.07. The van der Waals surface area contributed by atoms with Crippen LogP contribution in [0.25, 0.3) is 0 Å². The van der Waals surface area contributed by atoms with Crippen molar-refractivity contribution in [3.05, 3.63) is 42.0 Å². The van der Waals surface area contributed by atoms with E-state index < -0.39 is 43.3 Å². The molecule has 0 N–H and O–H groups in total. The number of benzene rings is 1. The summed E-state index contributed by atoms with van der Waals surface area (Å²) in [7, 11) is 0. The van der Waals surface area contributed by atoms with Crippen LogP contribution in [0, 0.1) is 0 Å². The van der Waals surface area contributed by atoms with Gasteiger partial charge in [-0.3, -0.25) is 0 Å². The molecule has 1 unspecified atom stereocenters. The number of unbranched alkanes of at least 4 members (excludes halogenated alkanes) is 1. The molecule has 0 spiro atoms. The van der Waals surface area contributed by atoms with E-state index in [1.165, 1.54) is 6.08 Å². The zero-order chi connectivity index (χ0) is 23.5.